The lowest BCUT2D eigenvalue weighted by Gasteiger charge is -1.88. The van der Waals surface area contributed by atoms with Gasteiger partial charge in [-0.15, -0.1) is 0 Å². The Morgan fingerprint density at radius 1 is 1.55 bits per heavy atom. The van der Waals surface area contributed by atoms with Gasteiger partial charge in [0.05, 0.1) is 0 Å². The van der Waals surface area contributed by atoms with Gasteiger partial charge in [0, 0.05) is 18.0 Å². The number of nitrogens with two attached hydrogens (primary N) is 1. The molecule has 0 fully saturated rings. The molecule has 3 N–H and O–H groups in total. The molecule has 0 spiro atoms. The van der Waals surface area contributed by atoms with Gasteiger partial charge >= 0.3 is 0 Å². The van der Waals surface area contributed by atoms with Crippen molar-refractivity contribution in [2.24, 2.45) is 0 Å². The summed E-state index contributed by atoms with van der Waals surface area (Å²) in [5, 5.41) is 0. The van der Waals surface area contributed by atoms with Gasteiger partial charge in [0.1, 0.15) is 5.69 Å². The molecule has 2 rings (SSSR count). The molecule has 0 saturated carbocycles. The van der Waals surface area contributed by atoms with Crippen molar-refractivity contribution in [2.75, 3.05) is 5.73 Å². The zero-order chi connectivity index (χ0) is 7.68. The van der Waals surface area contributed by atoms with Crippen molar-refractivity contribution in [2.45, 2.75) is 0 Å². The van der Waals surface area contributed by atoms with E-state index in [0.29, 0.717) is 11.6 Å². The van der Waals surface area contributed by atoms with Crippen LogP contribution in [0.4, 0.5) is 5.88 Å². The van der Waals surface area contributed by atoms with Crippen molar-refractivity contribution in [1.29, 1.82) is 0 Å². The number of oxazole rings is 1. The number of nitrogen functional groups attached to an aromatic ring is 1. The Morgan fingerprint density at radius 3 is 3.00 bits per heavy atom. The van der Waals surface area contributed by atoms with Gasteiger partial charge in [-0.1, -0.05) is 0 Å². The number of H-pyrrole nitrogens is 1. The van der Waals surface area contributed by atoms with Crippen LogP contribution in [0.3, 0.4) is 0 Å². The second kappa shape index (κ2) is 2.16. The number of anilines is 1. The minimum absolute atomic E-state index is 0.351. The standard InChI is InChI=1S/C7H7N3O/c8-7-6(10-4-11-7)5-1-2-9-3-5/h1-4,9H,8H2. The molecule has 0 aliphatic rings. The van der Waals surface area contributed by atoms with Crippen molar-refractivity contribution < 1.29 is 4.42 Å². The van der Waals surface area contributed by atoms with E-state index in [1.807, 2.05) is 18.5 Å². The predicted molar refractivity (Wildman–Crippen MR) is 40.7 cm³/mol. The molecule has 0 saturated heterocycles. The van der Waals surface area contributed by atoms with Gasteiger partial charge in [0.25, 0.3) is 0 Å². The van der Waals surface area contributed by atoms with Crippen molar-refractivity contribution in [3.8, 4) is 11.3 Å². The maximum atomic E-state index is 5.49. The van der Waals surface area contributed by atoms with Crippen LogP contribution < -0.4 is 5.73 Å². The number of nitrogens with one attached hydrogen (secondary N) is 1. The molecule has 0 atom stereocenters. The zero-order valence-electron chi connectivity index (χ0n) is 5.74. The second-order valence-corrected chi connectivity index (χ2v) is 2.16. The molecule has 0 aliphatic heterocycles. The van der Waals surface area contributed by atoms with Crippen LogP contribution in [-0.2, 0) is 0 Å². The Morgan fingerprint density at radius 2 is 2.45 bits per heavy atom. The Kier molecular flexibility index (Phi) is 1.18. The third-order valence-electron chi connectivity index (χ3n) is 1.47. The van der Waals surface area contributed by atoms with E-state index in [4.69, 9.17) is 10.2 Å². The highest BCUT2D eigenvalue weighted by Gasteiger charge is 2.05. The molecule has 0 radical (unpaired) electrons. The Labute approximate surface area is 63.1 Å². The SMILES string of the molecule is Nc1ocnc1-c1cc[nH]c1. The Balaban J connectivity index is 2.53. The average molecular weight is 149 g/mol. The monoisotopic (exact) mass is 149 g/mol. The van der Waals surface area contributed by atoms with Crippen LogP contribution in [0, 0.1) is 0 Å². The highest BCUT2D eigenvalue weighted by atomic mass is 16.3. The summed E-state index contributed by atoms with van der Waals surface area (Å²) in [4.78, 5) is 6.85. The molecule has 4 heteroatoms. The molecule has 4 nitrogen and oxygen atoms in total. The van der Waals surface area contributed by atoms with E-state index in [1.54, 1.807) is 0 Å². The maximum absolute atomic E-state index is 5.49. The van der Waals surface area contributed by atoms with E-state index in [0.717, 1.165) is 5.56 Å². The van der Waals surface area contributed by atoms with Crippen LogP contribution in [0.2, 0.25) is 0 Å². The molecule has 2 heterocycles. The largest absolute Gasteiger partial charge is 0.428 e. The van der Waals surface area contributed by atoms with E-state index in [2.05, 4.69) is 9.97 Å². The van der Waals surface area contributed by atoms with Crippen LogP contribution in [-0.4, -0.2) is 9.97 Å². The van der Waals surface area contributed by atoms with E-state index in [1.165, 1.54) is 6.39 Å². The smallest absolute Gasteiger partial charge is 0.218 e. The molecule has 56 valence electrons. The molecule has 0 aromatic carbocycles. The van der Waals surface area contributed by atoms with Gasteiger partial charge < -0.3 is 15.1 Å². The summed E-state index contributed by atoms with van der Waals surface area (Å²) in [7, 11) is 0. The number of aromatic nitrogens is 2. The fourth-order valence-corrected chi connectivity index (χ4v) is 0.943. The zero-order valence-corrected chi connectivity index (χ0v) is 5.74. The van der Waals surface area contributed by atoms with Crippen LogP contribution in [0.1, 0.15) is 0 Å². The average Bonchev–Trinajstić information content (AvgIpc) is 2.55. The van der Waals surface area contributed by atoms with Crippen LogP contribution in [0.5, 0.6) is 0 Å². The topological polar surface area (TPSA) is 67.8 Å². The van der Waals surface area contributed by atoms with Crippen LogP contribution in [0.25, 0.3) is 11.3 Å². The first kappa shape index (κ1) is 6.03. The summed E-state index contributed by atoms with van der Waals surface area (Å²) < 4.78 is 4.84. The van der Waals surface area contributed by atoms with Gasteiger partial charge in [-0.2, -0.15) is 0 Å². The molecule has 2 aromatic heterocycles. The minimum Gasteiger partial charge on any atom is -0.428 e. The molecule has 0 aliphatic carbocycles. The number of rotatable bonds is 1. The van der Waals surface area contributed by atoms with Gasteiger partial charge in [-0.05, 0) is 6.07 Å². The van der Waals surface area contributed by atoms with Crippen LogP contribution >= 0.6 is 0 Å². The Bertz CT molecular complexity index is 336. The second-order valence-electron chi connectivity index (χ2n) is 2.16. The number of hydrogen-bond acceptors (Lipinski definition) is 3. The minimum atomic E-state index is 0.351. The molecule has 11 heavy (non-hydrogen) atoms. The first-order valence-corrected chi connectivity index (χ1v) is 3.20. The highest BCUT2D eigenvalue weighted by molar-refractivity contribution is 5.67. The summed E-state index contributed by atoms with van der Waals surface area (Å²) in [6, 6.07) is 1.88. The summed E-state index contributed by atoms with van der Waals surface area (Å²) in [5.41, 5.74) is 7.12. The summed E-state index contributed by atoms with van der Waals surface area (Å²) in [5.74, 6) is 0.351. The van der Waals surface area contributed by atoms with Crippen LogP contribution in [0.15, 0.2) is 29.3 Å². The fraction of sp³-hybridized carbons (Fsp3) is 0. The van der Waals surface area contributed by atoms with Crippen molar-refractivity contribution in [1.82, 2.24) is 9.97 Å². The third kappa shape index (κ3) is 0.881. The quantitative estimate of drug-likeness (QED) is 0.641. The summed E-state index contributed by atoms with van der Waals surface area (Å²) in [6.45, 7) is 0. The maximum Gasteiger partial charge on any atom is 0.218 e. The first-order valence-electron chi connectivity index (χ1n) is 3.20. The van der Waals surface area contributed by atoms with Gasteiger partial charge in [-0.3, -0.25) is 0 Å². The normalized spacial score (nSPS) is 10.2. The van der Waals surface area contributed by atoms with Gasteiger partial charge in [-0.25, -0.2) is 4.98 Å². The molecule has 2 aromatic rings. The van der Waals surface area contributed by atoms with E-state index in [-0.39, 0.29) is 0 Å². The van der Waals surface area contributed by atoms with Crippen molar-refractivity contribution in [3.63, 3.8) is 0 Å². The third-order valence-corrected chi connectivity index (χ3v) is 1.47. The molecule has 0 unspecified atom stereocenters. The number of aromatic amines is 1. The van der Waals surface area contributed by atoms with E-state index < -0.39 is 0 Å². The molecule has 0 amide bonds. The lowest BCUT2D eigenvalue weighted by Crippen LogP contribution is -1.84. The lowest BCUT2D eigenvalue weighted by atomic mass is 10.2. The number of hydrogen-bond donors (Lipinski definition) is 2. The molecule has 0 bridgehead atoms. The molecular weight excluding hydrogens is 142 g/mol. The number of nitrogens with zero attached hydrogens (tertiary/aromatic N) is 1. The van der Waals surface area contributed by atoms with Gasteiger partial charge in [0.15, 0.2) is 6.39 Å². The summed E-state index contributed by atoms with van der Waals surface area (Å²) >= 11 is 0. The van der Waals surface area contributed by atoms with Gasteiger partial charge in [0.2, 0.25) is 5.88 Å². The van der Waals surface area contributed by atoms with Crippen molar-refractivity contribution >= 4 is 5.88 Å². The van der Waals surface area contributed by atoms with E-state index in [9.17, 15) is 0 Å². The summed E-state index contributed by atoms with van der Waals surface area (Å²) in [6.07, 6.45) is 4.95. The predicted octanol–water partition coefficient (Wildman–Crippen LogP) is 1.25. The van der Waals surface area contributed by atoms with E-state index >= 15 is 0 Å². The lowest BCUT2D eigenvalue weighted by molar-refractivity contribution is 0.577. The molecular formula is C7H7N3O. The Hall–Kier alpha value is -1.71. The van der Waals surface area contributed by atoms with Crippen molar-refractivity contribution in [3.05, 3.63) is 24.9 Å². The first-order chi connectivity index (χ1) is 5.38. The highest BCUT2D eigenvalue weighted by Crippen LogP contribution is 2.22. The fourth-order valence-electron chi connectivity index (χ4n) is 0.943.